The van der Waals surface area contributed by atoms with Gasteiger partial charge in [-0.05, 0) is 38.1 Å². The molecule has 2 heterocycles. The third-order valence-electron chi connectivity index (χ3n) is 4.70. The molecule has 0 saturated heterocycles. The van der Waals surface area contributed by atoms with Crippen molar-refractivity contribution in [2.75, 3.05) is 11.1 Å². The van der Waals surface area contributed by atoms with Crippen molar-refractivity contribution >= 4 is 45.7 Å². The predicted octanol–water partition coefficient (Wildman–Crippen LogP) is 5.95. The second-order valence-corrected chi connectivity index (χ2v) is 9.28. The van der Waals surface area contributed by atoms with E-state index >= 15 is 0 Å². The summed E-state index contributed by atoms with van der Waals surface area (Å²) in [7, 11) is 0. The number of thiazole rings is 1. The van der Waals surface area contributed by atoms with Gasteiger partial charge in [0.25, 0.3) is 0 Å². The number of ether oxygens (including phenoxy) is 1. The molecule has 2 aromatic carbocycles. The van der Waals surface area contributed by atoms with E-state index in [4.69, 9.17) is 16.3 Å². The molecule has 170 valence electrons. The van der Waals surface area contributed by atoms with Crippen LogP contribution < -0.4 is 10.1 Å². The quantitative estimate of drug-likeness (QED) is 0.287. The zero-order valence-electron chi connectivity index (χ0n) is 18.1. The second-order valence-electron chi connectivity index (χ2n) is 7.04. The van der Waals surface area contributed by atoms with Crippen molar-refractivity contribution in [3.05, 3.63) is 70.8 Å². The Kier molecular flexibility index (Phi) is 7.64. The van der Waals surface area contributed by atoms with E-state index in [1.165, 1.54) is 23.1 Å². The second kappa shape index (κ2) is 10.8. The minimum Gasteiger partial charge on any atom is -0.483 e. The van der Waals surface area contributed by atoms with Crippen molar-refractivity contribution in [1.82, 2.24) is 19.7 Å². The van der Waals surface area contributed by atoms with Crippen LogP contribution in [0, 0.1) is 0 Å². The van der Waals surface area contributed by atoms with Gasteiger partial charge in [0.05, 0.1) is 11.4 Å². The number of para-hydroxylation sites is 1. The lowest BCUT2D eigenvalue weighted by atomic mass is 10.2. The molecule has 33 heavy (non-hydrogen) atoms. The normalized spacial score (nSPS) is 11.8. The van der Waals surface area contributed by atoms with Crippen LogP contribution >= 0.6 is 34.7 Å². The highest BCUT2D eigenvalue weighted by Gasteiger charge is 2.19. The van der Waals surface area contributed by atoms with Gasteiger partial charge in [0.15, 0.2) is 22.2 Å². The number of benzene rings is 2. The molecule has 0 aliphatic carbocycles. The van der Waals surface area contributed by atoms with Crippen molar-refractivity contribution in [3.63, 3.8) is 0 Å². The van der Waals surface area contributed by atoms with Crippen LogP contribution in [0.15, 0.2) is 65.1 Å². The van der Waals surface area contributed by atoms with Gasteiger partial charge in [0.2, 0.25) is 5.91 Å². The summed E-state index contributed by atoms with van der Waals surface area (Å²) in [4.78, 5) is 17.0. The van der Waals surface area contributed by atoms with Crippen molar-refractivity contribution in [1.29, 1.82) is 0 Å². The van der Waals surface area contributed by atoms with Gasteiger partial charge in [-0.15, -0.1) is 21.5 Å². The molecule has 4 aromatic rings. The van der Waals surface area contributed by atoms with Gasteiger partial charge in [-0.25, -0.2) is 4.98 Å². The van der Waals surface area contributed by atoms with Gasteiger partial charge < -0.3 is 14.6 Å². The van der Waals surface area contributed by atoms with Crippen LogP contribution in [0.3, 0.4) is 0 Å². The average molecular weight is 500 g/mol. The molecule has 4 rings (SSSR count). The molecule has 1 N–H and O–H groups in total. The molecule has 0 spiro atoms. The maximum atomic E-state index is 12.5. The number of anilines is 1. The Hall–Kier alpha value is -2.88. The number of nitrogens with zero attached hydrogens (tertiary/aromatic N) is 4. The van der Waals surface area contributed by atoms with Crippen LogP contribution in [0.25, 0.3) is 11.3 Å². The van der Waals surface area contributed by atoms with E-state index in [1.54, 1.807) is 0 Å². The summed E-state index contributed by atoms with van der Waals surface area (Å²) in [5.41, 5.74) is 1.74. The van der Waals surface area contributed by atoms with Crippen LogP contribution in [-0.2, 0) is 11.3 Å². The van der Waals surface area contributed by atoms with Crippen LogP contribution in [0.2, 0.25) is 5.02 Å². The monoisotopic (exact) mass is 499 g/mol. The summed E-state index contributed by atoms with van der Waals surface area (Å²) >= 11 is 8.65. The fraction of sp³-hybridized carbons (Fsp3) is 0.217. The molecule has 7 nitrogen and oxygen atoms in total. The number of amides is 1. The number of aromatic nitrogens is 4. The highest BCUT2D eigenvalue weighted by atomic mass is 35.5. The van der Waals surface area contributed by atoms with Crippen molar-refractivity contribution in [2.45, 2.75) is 31.7 Å². The number of thioether (sulfide) groups is 1. The van der Waals surface area contributed by atoms with Crippen LogP contribution in [0.4, 0.5) is 5.13 Å². The van der Waals surface area contributed by atoms with Crippen LogP contribution in [0.5, 0.6) is 5.75 Å². The summed E-state index contributed by atoms with van der Waals surface area (Å²) in [6.07, 6.45) is -0.273. The van der Waals surface area contributed by atoms with Crippen LogP contribution in [-0.4, -0.2) is 31.4 Å². The Bertz CT molecular complexity index is 1210. The maximum Gasteiger partial charge on any atom is 0.236 e. The number of hydrogen-bond acceptors (Lipinski definition) is 7. The standard InChI is InChI=1S/C23H22ClN5O2S2/c1-3-29-21(15(2)31-18-7-5-4-6-8-18)27-28-23(29)33-14-20(30)26-22-25-19(13-32-22)16-9-11-17(24)12-10-16/h4-13,15H,3,14H2,1-2H3,(H,25,26,30)/t15-/m0/s1. The molecular weight excluding hydrogens is 478 g/mol. The maximum absolute atomic E-state index is 12.5. The Morgan fingerprint density at radius 3 is 2.67 bits per heavy atom. The third-order valence-corrected chi connectivity index (χ3v) is 6.68. The van der Waals surface area contributed by atoms with Gasteiger partial charge in [-0.2, -0.15) is 0 Å². The smallest absolute Gasteiger partial charge is 0.236 e. The minimum absolute atomic E-state index is 0.155. The van der Waals surface area contributed by atoms with E-state index in [2.05, 4.69) is 20.5 Å². The molecule has 0 aliphatic heterocycles. The molecule has 0 saturated carbocycles. The number of carbonyl (C=O) groups is 1. The first kappa shape index (κ1) is 23.3. The minimum atomic E-state index is -0.273. The van der Waals surface area contributed by atoms with E-state index in [1.807, 2.05) is 78.4 Å². The Morgan fingerprint density at radius 2 is 1.94 bits per heavy atom. The van der Waals surface area contributed by atoms with E-state index in [0.717, 1.165) is 22.8 Å². The number of halogens is 1. The Labute approximate surface area is 205 Å². The summed E-state index contributed by atoms with van der Waals surface area (Å²) in [6, 6.07) is 17.0. The lowest BCUT2D eigenvalue weighted by Crippen LogP contribution is -2.15. The van der Waals surface area contributed by atoms with E-state index in [9.17, 15) is 4.79 Å². The SMILES string of the molecule is CCn1c(SCC(=O)Nc2nc(-c3ccc(Cl)cc3)cs2)nnc1[C@H](C)Oc1ccccc1. The Balaban J connectivity index is 1.35. The average Bonchev–Trinajstić information content (AvgIpc) is 3.45. The van der Waals surface area contributed by atoms with Crippen molar-refractivity contribution in [2.24, 2.45) is 0 Å². The molecule has 1 atom stereocenters. The van der Waals surface area contributed by atoms with Crippen LogP contribution in [0.1, 0.15) is 25.8 Å². The van der Waals surface area contributed by atoms with E-state index in [0.29, 0.717) is 21.9 Å². The fourth-order valence-corrected chi connectivity index (χ4v) is 4.80. The predicted molar refractivity (Wildman–Crippen MR) is 133 cm³/mol. The summed E-state index contributed by atoms with van der Waals surface area (Å²) in [5, 5.41) is 15.2. The first-order chi connectivity index (χ1) is 16.0. The number of carbonyl (C=O) groups excluding carboxylic acids is 1. The van der Waals surface area contributed by atoms with Gasteiger partial charge in [-0.3, -0.25) is 4.79 Å². The van der Waals surface area contributed by atoms with Gasteiger partial charge in [0.1, 0.15) is 5.75 Å². The summed E-state index contributed by atoms with van der Waals surface area (Å²) in [5.74, 6) is 1.53. The lowest BCUT2D eigenvalue weighted by molar-refractivity contribution is -0.113. The van der Waals surface area contributed by atoms with Gasteiger partial charge >= 0.3 is 0 Å². The topological polar surface area (TPSA) is 81.9 Å². The number of rotatable bonds is 9. The molecule has 0 bridgehead atoms. The number of nitrogens with one attached hydrogen (secondary N) is 1. The van der Waals surface area contributed by atoms with Crippen molar-refractivity contribution < 1.29 is 9.53 Å². The van der Waals surface area contributed by atoms with Gasteiger partial charge in [0, 0.05) is 22.5 Å². The number of hydrogen-bond donors (Lipinski definition) is 1. The third kappa shape index (κ3) is 5.93. The molecule has 0 fully saturated rings. The molecule has 0 radical (unpaired) electrons. The molecule has 0 unspecified atom stereocenters. The first-order valence-corrected chi connectivity index (χ1v) is 12.6. The zero-order valence-corrected chi connectivity index (χ0v) is 20.5. The van der Waals surface area contributed by atoms with Gasteiger partial charge in [-0.1, -0.05) is 53.7 Å². The molecular formula is C23H22ClN5O2S2. The summed E-state index contributed by atoms with van der Waals surface area (Å²) in [6.45, 7) is 4.62. The lowest BCUT2D eigenvalue weighted by Gasteiger charge is -2.15. The zero-order chi connectivity index (χ0) is 23.2. The van der Waals surface area contributed by atoms with E-state index in [-0.39, 0.29) is 17.8 Å². The highest BCUT2D eigenvalue weighted by molar-refractivity contribution is 7.99. The first-order valence-electron chi connectivity index (χ1n) is 10.3. The molecule has 0 aliphatic rings. The largest absolute Gasteiger partial charge is 0.483 e. The molecule has 10 heteroatoms. The summed E-state index contributed by atoms with van der Waals surface area (Å²) < 4.78 is 7.95. The molecule has 2 aromatic heterocycles. The fourth-order valence-electron chi connectivity index (χ4n) is 3.13. The van der Waals surface area contributed by atoms with E-state index < -0.39 is 0 Å². The Morgan fingerprint density at radius 1 is 1.18 bits per heavy atom. The van der Waals surface area contributed by atoms with Crippen molar-refractivity contribution in [3.8, 4) is 17.0 Å². The molecule has 1 amide bonds. The highest BCUT2D eigenvalue weighted by Crippen LogP contribution is 2.27.